The van der Waals surface area contributed by atoms with E-state index in [1.165, 1.54) is 17.1 Å². The van der Waals surface area contributed by atoms with Crippen LogP contribution in [0.1, 0.15) is 40.0 Å². The molecule has 0 bridgehead atoms. The summed E-state index contributed by atoms with van der Waals surface area (Å²) in [5.41, 5.74) is -0.454. The molecule has 0 aromatic rings. The first-order chi connectivity index (χ1) is 8.88. The normalized spacial score (nSPS) is 15.2. The zero-order valence-corrected chi connectivity index (χ0v) is 11.8. The molecule has 19 heavy (non-hydrogen) atoms. The Labute approximate surface area is 113 Å². The Morgan fingerprint density at radius 2 is 1.79 bits per heavy atom. The van der Waals surface area contributed by atoms with E-state index in [2.05, 4.69) is 0 Å². The molecule has 1 aliphatic heterocycles. The van der Waals surface area contributed by atoms with Gasteiger partial charge < -0.3 is 4.74 Å². The SMILES string of the molecule is CCC(C)(C)C(=O)OCCCCN1C(=O)C=CC1=O. The molecule has 0 aliphatic carbocycles. The van der Waals surface area contributed by atoms with Gasteiger partial charge in [-0.05, 0) is 33.1 Å². The molecule has 1 aliphatic rings. The summed E-state index contributed by atoms with van der Waals surface area (Å²) in [5, 5.41) is 0. The summed E-state index contributed by atoms with van der Waals surface area (Å²) in [7, 11) is 0. The van der Waals surface area contributed by atoms with Crippen LogP contribution in [-0.4, -0.2) is 35.8 Å². The van der Waals surface area contributed by atoms with Crippen LogP contribution >= 0.6 is 0 Å². The molecule has 5 heteroatoms. The van der Waals surface area contributed by atoms with Crippen molar-refractivity contribution in [2.75, 3.05) is 13.2 Å². The van der Waals surface area contributed by atoms with Gasteiger partial charge >= 0.3 is 5.97 Å². The molecular weight excluding hydrogens is 246 g/mol. The number of ether oxygens (including phenoxy) is 1. The highest BCUT2D eigenvalue weighted by atomic mass is 16.5. The predicted molar refractivity (Wildman–Crippen MR) is 70.1 cm³/mol. The van der Waals surface area contributed by atoms with Crippen molar-refractivity contribution in [1.29, 1.82) is 0 Å². The molecule has 0 N–H and O–H groups in total. The Bertz CT molecular complexity index is 380. The molecule has 0 spiro atoms. The van der Waals surface area contributed by atoms with Gasteiger partial charge in [0.05, 0.1) is 12.0 Å². The van der Waals surface area contributed by atoms with Crippen molar-refractivity contribution >= 4 is 17.8 Å². The van der Waals surface area contributed by atoms with Gasteiger partial charge in [0.25, 0.3) is 11.8 Å². The Morgan fingerprint density at radius 3 is 2.32 bits per heavy atom. The van der Waals surface area contributed by atoms with E-state index in [0.29, 0.717) is 26.0 Å². The number of carbonyl (C=O) groups excluding carboxylic acids is 3. The summed E-state index contributed by atoms with van der Waals surface area (Å²) in [6, 6.07) is 0. The molecule has 0 radical (unpaired) electrons. The Hall–Kier alpha value is -1.65. The minimum atomic E-state index is -0.454. The monoisotopic (exact) mass is 267 g/mol. The lowest BCUT2D eigenvalue weighted by Crippen LogP contribution is -2.31. The van der Waals surface area contributed by atoms with Crippen LogP contribution in [0.25, 0.3) is 0 Å². The Kier molecular flexibility index (Phi) is 5.27. The number of carbonyl (C=O) groups is 3. The summed E-state index contributed by atoms with van der Waals surface area (Å²) in [6.07, 6.45) is 4.55. The van der Waals surface area contributed by atoms with Crippen LogP contribution in [0.2, 0.25) is 0 Å². The van der Waals surface area contributed by atoms with Crippen molar-refractivity contribution in [3.8, 4) is 0 Å². The topological polar surface area (TPSA) is 63.7 Å². The van der Waals surface area contributed by atoms with Gasteiger partial charge in [-0.1, -0.05) is 6.92 Å². The number of hydrogen-bond acceptors (Lipinski definition) is 4. The average molecular weight is 267 g/mol. The van der Waals surface area contributed by atoms with Crippen molar-refractivity contribution in [2.24, 2.45) is 5.41 Å². The van der Waals surface area contributed by atoms with Crippen LogP contribution in [0.15, 0.2) is 12.2 Å². The number of amides is 2. The van der Waals surface area contributed by atoms with Crippen LogP contribution < -0.4 is 0 Å². The predicted octanol–water partition coefficient (Wildman–Crippen LogP) is 1.67. The van der Waals surface area contributed by atoms with Gasteiger partial charge in [0.15, 0.2) is 0 Å². The van der Waals surface area contributed by atoms with Crippen molar-refractivity contribution < 1.29 is 19.1 Å². The average Bonchev–Trinajstić information content (AvgIpc) is 2.69. The van der Waals surface area contributed by atoms with E-state index in [-0.39, 0.29) is 17.8 Å². The van der Waals surface area contributed by atoms with Gasteiger partial charge in [0.2, 0.25) is 0 Å². The molecule has 5 nitrogen and oxygen atoms in total. The fourth-order valence-electron chi connectivity index (χ4n) is 1.53. The van der Waals surface area contributed by atoms with Crippen LogP contribution in [0.4, 0.5) is 0 Å². The number of esters is 1. The fraction of sp³-hybridized carbons (Fsp3) is 0.643. The number of imide groups is 1. The first-order valence-corrected chi connectivity index (χ1v) is 6.59. The van der Waals surface area contributed by atoms with E-state index in [1.54, 1.807) is 0 Å². The molecule has 0 aromatic carbocycles. The van der Waals surface area contributed by atoms with Crippen LogP contribution in [0.3, 0.4) is 0 Å². The van der Waals surface area contributed by atoms with Crippen molar-refractivity contribution in [3.05, 3.63) is 12.2 Å². The lowest BCUT2D eigenvalue weighted by Gasteiger charge is -2.20. The maximum Gasteiger partial charge on any atom is 0.311 e. The fourth-order valence-corrected chi connectivity index (χ4v) is 1.53. The third-order valence-corrected chi connectivity index (χ3v) is 3.35. The summed E-state index contributed by atoms with van der Waals surface area (Å²) < 4.78 is 5.17. The Balaban J connectivity index is 2.17. The molecular formula is C14H21NO4. The molecule has 0 saturated carbocycles. The zero-order valence-electron chi connectivity index (χ0n) is 11.8. The molecule has 0 atom stereocenters. The molecule has 2 amide bonds. The number of unbranched alkanes of at least 4 members (excludes halogenated alkanes) is 1. The van der Waals surface area contributed by atoms with Crippen LogP contribution in [-0.2, 0) is 19.1 Å². The largest absolute Gasteiger partial charge is 0.465 e. The molecule has 0 saturated heterocycles. The van der Waals surface area contributed by atoms with E-state index in [1.807, 2.05) is 20.8 Å². The molecule has 1 heterocycles. The molecule has 0 aromatic heterocycles. The molecule has 106 valence electrons. The summed E-state index contributed by atoms with van der Waals surface area (Å²) in [4.78, 5) is 35.4. The van der Waals surface area contributed by atoms with Crippen molar-refractivity contribution in [2.45, 2.75) is 40.0 Å². The number of rotatable bonds is 7. The lowest BCUT2D eigenvalue weighted by atomic mass is 9.91. The Morgan fingerprint density at radius 1 is 1.21 bits per heavy atom. The van der Waals surface area contributed by atoms with Gasteiger partial charge in [0, 0.05) is 18.7 Å². The van der Waals surface area contributed by atoms with E-state index >= 15 is 0 Å². The van der Waals surface area contributed by atoms with Gasteiger partial charge in [0.1, 0.15) is 0 Å². The third kappa shape index (κ3) is 4.19. The lowest BCUT2D eigenvalue weighted by molar-refractivity contribution is -0.154. The first kappa shape index (κ1) is 15.4. The quantitative estimate of drug-likeness (QED) is 0.400. The minimum absolute atomic E-state index is 0.204. The number of nitrogens with zero attached hydrogens (tertiary/aromatic N) is 1. The highest BCUT2D eigenvalue weighted by Crippen LogP contribution is 2.21. The van der Waals surface area contributed by atoms with Crippen LogP contribution in [0.5, 0.6) is 0 Å². The summed E-state index contributed by atoms with van der Waals surface area (Å²) in [5.74, 6) is -0.742. The van der Waals surface area contributed by atoms with E-state index in [0.717, 1.165) is 6.42 Å². The minimum Gasteiger partial charge on any atom is -0.465 e. The second kappa shape index (κ2) is 6.50. The highest BCUT2D eigenvalue weighted by molar-refractivity contribution is 6.12. The first-order valence-electron chi connectivity index (χ1n) is 6.59. The highest BCUT2D eigenvalue weighted by Gasteiger charge is 2.27. The molecule has 0 unspecified atom stereocenters. The van der Waals surface area contributed by atoms with Crippen LogP contribution in [0, 0.1) is 5.41 Å². The van der Waals surface area contributed by atoms with Gasteiger partial charge in [-0.15, -0.1) is 0 Å². The second-order valence-corrected chi connectivity index (χ2v) is 5.24. The van der Waals surface area contributed by atoms with Gasteiger partial charge in [-0.25, -0.2) is 0 Å². The second-order valence-electron chi connectivity index (χ2n) is 5.24. The van der Waals surface area contributed by atoms with E-state index < -0.39 is 5.41 Å². The van der Waals surface area contributed by atoms with Gasteiger partial charge in [-0.3, -0.25) is 19.3 Å². The maximum atomic E-state index is 11.7. The van der Waals surface area contributed by atoms with Crippen molar-refractivity contribution in [3.63, 3.8) is 0 Å². The number of hydrogen-bond donors (Lipinski definition) is 0. The zero-order chi connectivity index (χ0) is 14.5. The third-order valence-electron chi connectivity index (χ3n) is 3.35. The van der Waals surface area contributed by atoms with Crippen molar-refractivity contribution in [1.82, 2.24) is 4.90 Å². The van der Waals surface area contributed by atoms with E-state index in [4.69, 9.17) is 4.74 Å². The summed E-state index contributed by atoms with van der Waals surface area (Å²) in [6.45, 7) is 6.34. The summed E-state index contributed by atoms with van der Waals surface area (Å²) >= 11 is 0. The smallest absolute Gasteiger partial charge is 0.311 e. The van der Waals surface area contributed by atoms with E-state index in [9.17, 15) is 14.4 Å². The molecule has 1 rings (SSSR count). The van der Waals surface area contributed by atoms with Gasteiger partial charge in [-0.2, -0.15) is 0 Å². The molecule has 0 fully saturated rings. The standard InChI is InChI=1S/C14H21NO4/c1-4-14(2,3)13(18)19-10-6-5-9-15-11(16)7-8-12(15)17/h7-8H,4-6,9-10H2,1-3H3. The maximum absolute atomic E-state index is 11.7.